The molecular weight excluding hydrogens is 300 g/mol. The highest BCUT2D eigenvalue weighted by molar-refractivity contribution is 6.32. The van der Waals surface area contributed by atoms with E-state index in [1.54, 1.807) is 30.7 Å². The first-order valence-corrected chi connectivity index (χ1v) is 7.17. The summed E-state index contributed by atoms with van der Waals surface area (Å²) in [5.41, 5.74) is 1.48. The topological polar surface area (TPSA) is 68.5 Å². The minimum absolute atomic E-state index is 0.275. The Morgan fingerprint density at radius 3 is 2.82 bits per heavy atom. The molecule has 0 aliphatic heterocycles. The minimum atomic E-state index is 0.275. The van der Waals surface area contributed by atoms with Gasteiger partial charge in [-0.25, -0.2) is 15.0 Å². The lowest BCUT2D eigenvalue weighted by atomic mass is 10.2. The van der Waals surface area contributed by atoms with Crippen LogP contribution in [0.3, 0.4) is 0 Å². The predicted octanol–water partition coefficient (Wildman–Crippen LogP) is 3.51. The van der Waals surface area contributed by atoms with Crippen molar-refractivity contribution in [2.75, 3.05) is 5.32 Å². The molecule has 3 aromatic heterocycles. The molecule has 1 N–H and O–H groups in total. The van der Waals surface area contributed by atoms with Crippen molar-refractivity contribution in [3.05, 3.63) is 48.0 Å². The van der Waals surface area contributed by atoms with E-state index in [-0.39, 0.29) is 6.04 Å². The summed E-state index contributed by atoms with van der Waals surface area (Å²) in [7, 11) is 0. The second kappa shape index (κ2) is 6.11. The number of hydrogen-bond acceptors (Lipinski definition) is 5. The molecule has 0 atom stereocenters. The Bertz CT molecular complexity index is 769. The van der Waals surface area contributed by atoms with Crippen molar-refractivity contribution in [3.63, 3.8) is 0 Å². The van der Waals surface area contributed by atoms with Crippen LogP contribution in [0.1, 0.15) is 19.9 Å². The van der Waals surface area contributed by atoms with Crippen LogP contribution in [0.5, 0.6) is 0 Å². The van der Waals surface area contributed by atoms with Gasteiger partial charge >= 0.3 is 0 Å². The zero-order valence-corrected chi connectivity index (χ0v) is 12.9. The molecule has 0 aliphatic carbocycles. The third-order valence-electron chi connectivity index (χ3n) is 3.00. The van der Waals surface area contributed by atoms with Gasteiger partial charge in [-0.1, -0.05) is 11.6 Å². The smallest absolute Gasteiger partial charge is 0.228 e. The molecule has 1 radical (unpaired) electrons. The molecule has 7 heteroatoms. The van der Waals surface area contributed by atoms with E-state index in [4.69, 9.17) is 11.6 Å². The van der Waals surface area contributed by atoms with Gasteiger partial charge in [-0.2, -0.15) is 5.10 Å². The third kappa shape index (κ3) is 3.07. The normalized spacial score (nSPS) is 10.9. The number of hydrogen-bond donors (Lipinski definition) is 1. The number of nitrogens with one attached hydrogen (secondary N) is 1. The number of anilines is 2. The standard InChI is InChI=1S/C15H14ClN6/c1-10(2)22-9-11(7-19-22)14-12(16)8-18-15(21-14)20-13-5-3-4-6-17-13/h3,5-10H,1-2H3,(H,17,18,20,21). The van der Waals surface area contributed by atoms with Gasteiger partial charge in [-0.05, 0) is 26.0 Å². The molecule has 22 heavy (non-hydrogen) atoms. The second-order valence-corrected chi connectivity index (χ2v) is 5.37. The number of halogens is 1. The minimum Gasteiger partial charge on any atom is -0.309 e. The van der Waals surface area contributed by atoms with Crippen LogP contribution in [0.2, 0.25) is 5.02 Å². The summed E-state index contributed by atoms with van der Waals surface area (Å²) in [6, 6.07) is 6.68. The lowest BCUT2D eigenvalue weighted by Gasteiger charge is -2.06. The highest BCUT2D eigenvalue weighted by Crippen LogP contribution is 2.27. The fourth-order valence-electron chi connectivity index (χ4n) is 1.88. The van der Waals surface area contributed by atoms with Gasteiger partial charge in [-0.15, -0.1) is 0 Å². The number of pyridine rings is 1. The molecule has 3 heterocycles. The Morgan fingerprint density at radius 1 is 1.27 bits per heavy atom. The van der Waals surface area contributed by atoms with Gasteiger partial charge in [0.15, 0.2) is 0 Å². The number of aromatic nitrogens is 5. The number of rotatable bonds is 4. The SMILES string of the molecule is CC(C)n1cc(-c2nc(Nc3cc[c]cn3)ncc2Cl)cn1. The van der Waals surface area contributed by atoms with Crippen LogP contribution in [0.25, 0.3) is 11.3 Å². The van der Waals surface area contributed by atoms with E-state index in [9.17, 15) is 0 Å². The van der Waals surface area contributed by atoms with E-state index in [0.29, 0.717) is 22.5 Å². The molecule has 0 saturated carbocycles. The van der Waals surface area contributed by atoms with Crippen LogP contribution in [0.15, 0.2) is 36.9 Å². The van der Waals surface area contributed by atoms with E-state index in [0.717, 1.165) is 5.56 Å². The Labute approximate surface area is 133 Å². The summed E-state index contributed by atoms with van der Waals surface area (Å²) in [5.74, 6) is 1.07. The third-order valence-corrected chi connectivity index (χ3v) is 3.28. The van der Waals surface area contributed by atoms with Gasteiger partial charge in [0, 0.05) is 30.1 Å². The molecule has 0 fully saturated rings. The maximum Gasteiger partial charge on any atom is 0.228 e. The van der Waals surface area contributed by atoms with E-state index < -0.39 is 0 Å². The fraction of sp³-hybridized carbons (Fsp3) is 0.200. The van der Waals surface area contributed by atoms with Crippen LogP contribution in [0, 0.1) is 6.07 Å². The molecule has 3 aromatic rings. The summed E-state index contributed by atoms with van der Waals surface area (Å²) in [6.45, 7) is 4.12. The summed E-state index contributed by atoms with van der Waals surface area (Å²) in [5, 5.41) is 7.81. The Balaban J connectivity index is 1.92. The Hall–Kier alpha value is -2.47. The molecule has 111 valence electrons. The van der Waals surface area contributed by atoms with Gasteiger partial charge in [-0.3, -0.25) is 4.68 Å². The summed E-state index contributed by atoms with van der Waals surface area (Å²) in [4.78, 5) is 12.8. The fourth-order valence-corrected chi connectivity index (χ4v) is 2.08. The molecule has 0 aliphatic rings. The maximum absolute atomic E-state index is 6.21. The van der Waals surface area contributed by atoms with Crippen molar-refractivity contribution >= 4 is 23.4 Å². The first-order chi connectivity index (χ1) is 10.6. The number of nitrogens with zero attached hydrogens (tertiary/aromatic N) is 5. The zero-order valence-electron chi connectivity index (χ0n) is 12.2. The van der Waals surface area contributed by atoms with Crippen LogP contribution in [-0.2, 0) is 0 Å². The van der Waals surface area contributed by atoms with Crippen LogP contribution in [0.4, 0.5) is 11.8 Å². The van der Waals surface area contributed by atoms with Crippen molar-refractivity contribution < 1.29 is 0 Å². The molecule has 0 amide bonds. The quantitative estimate of drug-likeness (QED) is 0.798. The van der Waals surface area contributed by atoms with Crippen molar-refractivity contribution in [2.24, 2.45) is 0 Å². The van der Waals surface area contributed by atoms with Crippen LogP contribution < -0.4 is 5.32 Å². The first kappa shape index (κ1) is 14.5. The van der Waals surface area contributed by atoms with Crippen LogP contribution in [-0.4, -0.2) is 24.7 Å². The summed E-state index contributed by atoms with van der Waals surface area (Å²) in [6.07, 6.45) is 6.80. The molecule has 0 aromatic carbocycles. The van der Waals surface area contributed by atoms with Gasteiger partial charge in [0.25, 0.3) is 0 Å². The molecule has 0 saturated heterocycles. The Kier molecular flexibility index (Phi) is 4.02. The average molecular weight is 314 g/mol. The predicted molar refractivity (Wildman–Crippen MR) is 85.0 cm³/mol. The van der Waals surface area contributed by atoms with Crippen LogP contribution >= 0.6 is 11.6 Å². The van der Waals surface area contributed by atoms with E-state index in [1.165, 1.54) is 0 Å². The zero-order chi connectivity index (χ0) is 15.5. The average Bonchev–Trinajstić information content (AvgIpc) is 3.00. The first-order valence-electron chi connectivity index (χ1n) is 6.79. The van der Waals surface area contributed by atoms with Crippen molar-refractivity contribution in [1.82, 2.24) is 24.7 Å². The summed E-state index contributed by atoms with van der Waals surface area (Å²) < 4.78 is 1.86. The van der Waals surface area contributed by atoms with Gasteiger partial charge in [0.2, 0.25) is 5.95 Å². The van der Waals surface area contributed by atoms with E-state index in [2.05, 4.69) is 45.3 Å². The monoisotopic (exact) mass is 313 g/mol. The Morgan fingerprint density at radius 2 is 2.14 bits per heavy atom. The maximum atomic E-state index is 6.21. The molecule has 0 spiro atoms. The van der Waals surface area contributed by atoms with E-state index >= 15 is 0 Å². The van der Waals surface area contributed by atoms with Crippen molar-refractivity contribution in [2.45, 2.75) is 19.9 Å². The van der Waals surface area contributed by atoms with E-state index in [1.807, 2.05) is 10.9 Å². The summed E-state index contributed by atoms with van der Waals surface area (Å²) >= 11 is 6.21. The highest BCUT2D eigenvalue weighted by Gasteiger charge is 2.11. The largest absolute Gasteiger partial charge is 0.309 e. The van der Waals surface area contributed by atoms with Gasteiger partial charge in [0.05, 0.1) is 23.1 Å². The highest BCUT2D eigenvalue weighted by atomic mass is 35.5. The lowest BCUT2D eigenvalue weighted by Crippen LogP contribution is -2.00. The lowest BCUT2D eigenvalue weighted by molar-refractivity contribution is 0.532. The molecule has 3 rings (SSSR count). The second-order valence-electron chi connectivity index (χ2n) is 4.96. The van der Waals surface area contributed by atoms with Gasteiger partial charge in [0.1, 0.15) is 5.82 Å². The van der Waals surface area contributed by atoms with Crippen molar-refractivity contribution in [1.29, 1.82) is 0 Å². The molecule has 0 unspecified atom stereocenters. The molecule has 0 bridgehead atoms. The van der Waals surface area contributed by atoms with Gasteiger partial charge < -0.3 is 5.32 Å². The molecular formula is C15H14ClN6. The van der Waals surface area contributed by atoms with Crippen molar-refractivity contribution in [3.8, 4) is 11.3 Å². The molecule has 6 nitrogen and oxygen atoms in total.